The number of hydrogen-bond acceptors (Lipinski definition) is 5. The summed E-state index contributed by atoms with van der Waals surface area (Å²) in [5.41, 5.74) is 2.29. The van der Waals surface area contributed by atoms with E-state index >= 15 is 0 Å². The highest BCUT2D eigenvalue weighted by Crippen LogP contribution is 2.30. The minimum absolute atomic E-state index is 0.0339. The van der Waals surface area contributed by atoms with Gasteiger partial charge in [-0.25, -0.2) is 13.1 Å². The van der Waals surface area contributed by atoms with Gasteiger partial charge >= 0.3 is 0 Å². The van der Waals surface area contributed by atoms with E-state index < -0.39 is 22.0 Å². The number of rotatable bonds is 9. The number of aryl methyl sites for hydroxylation is 1. The van der Waals surface area contributed by atoms with Crippen LogP contribution >= 0.6 is 0 Å². The van der Waals surface area contributed by atoms with Crippen molar-refractivity contribution in [2.45, 2.75) is 64.5 Å². The maximum atomic E-state index is 12.8. The fraction of sp³-hybridized carbons (Fsp3) is 0.435. The number of benzene rings is 2. The molecule has 2 aromatic carbocycles. The van der Waals surface area contributed by atoms with Crippen LogP contribution in [0.15, 0.2) is 41.3 Å². The predicted molar refractivity (Wildman–Crippen MR) is 122 cm³/mol. The van der Waals surface area contributed by atoms with Crippen LogP contribution in [-0.2, 0) is 14.8 Å². The van der Waals surface area contributed by atoms with E-state index in [1.807, 2.05) is 25.1 Å². The van der Waals surface area contributed by atoms with E-state index in [4.69, 9.17) is 9.47 Å². The van der Waals surface area contributed by atoms with E-state index in [9.17, 15) is 13.2 Å². The summed E-state index contributed by atoms with van der Waals surface area (Å²) in [5, 5.41) is 2.73. The highest BCUT2D eigenvalue weighted by Gasteiger charge is 2.22. The van der Waals surface area contributed by atoms with Gasteiger partial charge in [0, 0.05) is 6.04 Å². The Hall–Kier alpha value is -2.58. The number of carbonyl (C=O) groups excluding carboxylic acids is 1. The molecular formula is C23H32N2O5S. The van der Waals surface area contributed by atoms with Crippen molar-refractivity contribution < 1.29 is 22.7 Å². The number of nitrogens with one attached hydrogen (secondary N) is 2. The van der Waals surface area contributed by atoms with E-state index in [1.165, 1.54) is 25.3 Å². The first-order valence-corrected chi connectivity index (χ1v) is 11.7. The highest BCUT2D eigenvalue weighted by atomic mass is 32.2. The average Bonchev–Trinajstić information content (AvgIpc) is 2.66. The Labute approximate surface area is 185 Å². The lowest BCUT2D eigenvalue weighted by Gasteiger charge is -2.20. The van der Waals surface area contributed by atoms with E-state index in [-0.39, 0.29) is 22.5 Å². The molecule has 0 fully saturated rings. The summed E-state index contributed by atoms with van der Waals surface area (Å²) in [4.78, 5) is 12.9. The van der Waals surface area contributed by atoms with Crippen molar-refractivity contribution in [2.75, 3.05) is 12.4 Å². The molecule has 0 aliphatic rings. The molecule has 0 aliphatic carbocycles. The summed E-state index contributed by atoms with van der Waals surface area (Å²) in [6, 6.07) is 9.97. The second-order valence-electron chi connectivity index (χ2n) is 8.08. The Morgan fingerprint density at radius 1 is 0.968 bits per heavy atom. The van der Waals surface area contributed by atoms with Crippen LogP contribution in [-0.4, -0.2) is 33.6 Å². The topological polar surface area (TPSA) is 93.7 Å². The largest absolute Gasteiger partial charge is 0.495 e. The summed E-state index contributed by atoms with van der Waals surface area (Å²) in [6.07, 6.45) is -0.807. The molecule has 2 aromatic rings. The molecule has 0 saturated heterocycles. The van der Waals surface area contributed by atoms with Crippen LogP contribution in [0.1, 0.15) is 51.7 Å². The Morgan fingerprint density at radius 3 is 2.23 bits per heavy atom. The molecular weight excluding hydrogens is 416 g/mol. The minimum atomic E-state index is -3.72. The lowest BCUT2D eigenvalue weighted by molar-refractivity contribution is -0.122. The Bertz CT molecular complexity index is 1030. The third kappa shape index (κ3) is 6.45. The second-order valence-corrected chi connectivity index (χ2v) is 9.80. The molecule has 0 aliphatic heterocycles. The van der Waals surface area contributed by atoms with Gasteiger partial charge in [-0.2, -0.15) is 0 Å². The zero-order chi connectivity index (χ0) is 23.3. The summed E-state index contributed by atoms with van der Waals surface area (Å²) in [7, 11) is -2.27. The van der Waals surface area contributed by atoms with Crippen molar-refractivity contribution >= 4 is 21.6 Å². The van der Waals surface area contributed by atoms with Crippen LogP contribution in [0.4, 0.5) is 5.69 Å². The van der Waals surface area contributed by atoms with Crippen molar-refractivity contribution in [3.63, 3.8) is 0 Å². The van der Waals surface area contributed by atoms with Gasteiger partial charge in [-0.1, -0.05) is 26.0 Å². The van der Waals surface area contributed by atoms with Gasteiger partial charge < -0.3 is 14.8 Å². The number of hydrogen-bond donors (Lipinski definition) is 2. The molecule has 7 nitrogen and oxygen atoms in total. The summed E-state index contributed by atoms with van der Waals surface area (Å²) >= 11 is 0. The molecule has 0 bridgehead atoms. The van der Waals surface area contributed by atoms with Gasteiger partial charge in [0.25, 0.3) is 5.91 Å². The molecule has 2 N–H and O–H groups in total. The van der Waals surface area contributed by atoms with E-state index in [2.05, 4.69) is 23.9 Å². The fourth-order valence-electron chi connectivity index (χ4n) is 3.03. The van der Waals surface area contributed by atoms with Gasteiger partial charge in [0.15, 0.2) is 6.10 Å². The number of ether oxygens (including phenoxy) is 2. The standard InChI is InChI=1S/C23H32N2O5S/c1-14(2)19-10-8-16(5)12-22(19)30-17(6)23(26)24-20-13-18(9-11-21(20)29-7)31(27,28)25-15(3)4/h8-15,17,25H,1-7H3,(H,24,26)/t17-/m0/s1. The Balaban J connectivity index is 2.27. The van der Waals surface area contributed by atoms with Crippen LogP contribution in [0.5, 0.6) is 11.5 Å². The predicted octanol–water partition coefficient (Wildman–Crippen LogP) is 4.22. The SMILES string of the molecule is COc1ccc(S(=O)(=O)NC(C)C)cc1NC(=O)[C@H](C)Oc1cc(C)ccc1C(C)C. The molecule has 0 spiro atoms. The van der Waals surface area contributed by atoms with Gasteiger partial charge in [-0.05, 0) is 69.0 Å². The molecule has 0 heterocycles. The maximum Gasteiger partial charge on any atom is 0.265 e. The number of amides is 1. The van der Waals surface area contributed by atoms with Gasteiger partial charge in [0.1, 0.15) is 11.5 Å². The molecule has 0 aromatic heterocycles. The van der Waals surface area contributed by atoms with Crippen LogP contribution in [0, 0.1) is 6.92 Å². The molecule has 170 valence electrons. The zero-order valence-electron chi connectivity index (χ0n) is 19.1. The first-order chi connectivity index (χ1) is 14.4. The Kier molecular flexibility index (Phi) is 8.08. The van der Waals surface area contributed by atoms with Crippen molar-refractivity contribution in [1.82, 2.24) is 4.72 Å². The lowest BCUT2D eigenvalue weighted by Crippen LogP contribution is -2.31. The molecule has 2 rings (SSSR count). The number of sulfonamides is 1. The van der Waals surface area contributed by atoms with E-state index in [0.717, 1.165) is 11.1 Å². The normalized spacial score (nSPS) is 12.7. The molecule has 1 atom stereocenters. The molecule has 1 amide bonds. The van der Waals surface area contributed by atoms with Crippen LogP contribution in [0.25, 0.3) is 0 Å². The van der Waals surface area contributed by atoms with Crippen molar-refractivity contribution in [3.8, 4) is 11.5 Å². The minimum Gasteiger partial charge on any atom is -0.495 e. The molecule has 8 heteroatoms. The third-order valence-corrected chi connectivity index (χ3v) is 6.25. The zero-order valence-corrected chi connectivity index (χ0v) is 20.0. The molecule has 31 heavy (non-hydrogen) atoms. The molecule has 0 saturated carbocycles. The summed E-state index contributed by atoms with van der Waals surface area (Å²) < 4.78 is 38.8. The smallest absolute Gasteiger partial charge is 0.265 e. The van der Waals surface area contributed by atoms with Gasteiger partial charge in [0.2, 0.25) is 10.0 Å². The average molecular weight is 449 g/mol. The van der Waals surface area contributed by atoms with Gasteiger partial charge in [-0.3, -0.25) is 4.79 Å². The van der Waals surface area contributed by atoms with Crippen LogP contribution in [0.2, 0.25) is 0 Å². The lowest BCUT2D eigenvalue weighted by atomic mass is 10.0. The number of methoxy groups -OCH3 is 1. The van der Waals surface area contributed by atoms with Gasteiger partial charge in [-0.15, -0.1) is 0 Å². The first kappa shape index (κ1) is 24.7. The quantitative estimate of drug-likeness (QED) is 0.599. The van der Waals surface area contributed by atoms with Crippen molar-refractivity contribution in [2.24, 2.45) is 0 Å². The van der Waals surface area contributed by atoms with E-state index in [1.54, 1.807) is 20.8 Å². The van der Waals surface area contributed by atoms with Crippen molar-refractivity contribution in [1.29, 1.82) is 0 Å². The fourth-order valence-corrected chi connectivity index (χ4v) is 4.31. The van der Waals surface area contributed by atoms with Crippen molar-refractivity contribution in [3.05, 3.63) is 47.5 Å². The number of carbonyl (C=O) groups is 1. The van der Waals surface area contributed by atoms with Crippen LogP contribution in [0.3, 0.4) is 0 Å². The third-order valence-electron chi connectivity index (χ3n) is 4.59. The monoisotopic (exact) mass is 448 g/mol. The Morgan fingerprint density at radius 2 is 1.65 bits per heavy atom. The second kappa shape index (κ2) is 10.2. The molecule has 0 unspecified atom stereocenters. The van der Waals surface area contributed by atoms with E-state index in [0.29, 0.717) is 11.5 Å². The highest BCUT2D eigenvalue weighted by molar-refractivity contribution is 7.89. The number of anilines is 1. The van der Waals surface area contributed by atoms with Crippen LogP contribution < -0.4 is 19.5 Å². The summed E-state index contributed by atoms with van der Waals surface area (Å²) in [6.45, 7) is 11.2. The first-order valence-electron chi connectivity index (χ1n) is 10.2. The summed E-state index contributed by atoms with van der Waals surface area (Å²) in [5.74, 6) is 0.826. The molecule has 0 radical (unpaired) electrons. The maximum absolute atomic E-state index is 12.8. The van der Waals surface area contributed by atoms with Gasteiger partial charge in [0.05, 0.1) is 17.7 Å².